The highest BCUT2D eigenvalue weighted by molar-refractivity contribution is 7.99. The van der Waals surface area contributed by atoms with Crippen molar-refractivity contribution in [3.05, 3.63) is 90.0 Å². The molecule has 0 spiro atoms. The van der Waals surface area contributed by atoms with Crippen LogP contribution in [0.2, 0.25) is 0 Å². The molecule has 0 aliphatic rings. The van der Waals surface area contributed by atoms with Gasteiger partial charge in [0, 0.05) is 11.3 Å². The number of carbonyl (C=O) groups is 1. The predicted molar refractivity (Wildman–Crippen MR) is 147 cm³/mol. The van der Waals surface area contributed by atoms with Crippen molar-refractivity contribution in [2.45, 2.75) is 12.1 Å². The van der Waals surface area contributed by atoms with Crippen LogP contribution in [0.5, 0.6) is 11.5 Å². The average Bonchev–Trinajstić information content (AvgIpc) is 3.36. The number of benzene rings is 3. The van der Waals surface area contributed by atoms with E-state index in [0.717, 1.165) is 22.4 Å². The number of ether oxygens (including phenoxy) is 2. The van der Waals surface area contributed by atoms with Gasteiger partial charge in [0.15, 0.2) is 22.5 Å². The Morgan fingerprint density at radius 2 is 1.68 bits per heavy atom. The van der Waals surface area contributed by atoms with Crippen molar-refractivity contribution < 1.29 is 14.3 Å². The fraction of sp³-hybridized carbons (Fsp3) is 0.143. The number of hydrogen-bond donors (Lipinski definition) is 1. The Bertz CT molecular complexity index is 1400. The molecule has 1 amide bonds. The van der Waals surface area contributed by atoms with Gasteiger partial charge in [-0.25, -0.2) is 5.43 Å². The van der Waals surface area contributed by atoms with Gasteiger partial charge in [-0.1, -0.05) is 66.4 Å². The molecule has 0 radical (unpaired) electrons. The Hall–Kier alpha value is -4.37. The molecular weight excluding hydrogens is 486 g/mol. The summed E-state index contributed by atoms with van der Waals surface area (Å²) >= 11 is 1.28. The van der Waals surface area contributed by atoms with E-state index in [1.54, 1.807) is 20.4 Å². The Morgan fingerprint density at radius 3 is 2.38 bits per heavy atom. The molecule has 0 saturated carbocycles. The minimum absolute atomic E-state index is 0.121. The van der Waals surface area contributed by atoms with Gasteiger partial charge in [0.1, 0.15) is 0 Å². The second kappa shape index (κ2) is 12.5. The van der Waals surface area contributed by atoms with Gasteiger partial charge in [-0.15, -0.1) is 10.2 Å². The Morgan fingerprint density at radius 1 is 0.973 bits per heavy atom. The van der Waals surface area contributed by atoms with Crippen LogP contribution in [0.3, 0.4) is 0 Å². The number of methoxy groups -OCH3 is 2. The van der Waals surface area contributed by atoms with Crippen molar-refractivity contribution in [3.8, 4) is 28.6 Å². The summed E-state index contributed by atoms with van der Waals surface area (Å²) in [6.07, 6.45) is 3.61. The van der Waals surface area contributed by atoms with Crippen molar-refractivity contribution in [2.75, 3.05) is 20.0 Å². The van der Waals surface area contributed by atoms with Gasteiger partial charge in [-0.2, -0.15) is 5.10 Å². The molecule has 0 fully saturated rings. The highest BCUT2D eigenvalue weighted by Crippen LogP contribution is 2.34. The van der Waals surface area contributed by atoms with Crippen LogP contribution >= 0.6 is 11.8 Å². The number of allylic oxidation sites excluding steroid dienone is 1. The van der Waals surface area contributed by atoms with E-state index in [4.69, 9.17) is 9.47 Å². The van der Waals surface area contributed by atoms with Crippen molar-refractivity contribution in [3.63, 3.8) is 0 Å². The minimum atomic E-state index is -0.246. The molecule has 9 heteroatoms. The largest absolute Gasteiger partial charge is 0.493 e. The molecule has 0 bridgehead atoms. The first-order valence-electron chi connectivity index (χ1n) is 11.5. The number of hydrazone groups is 1. The molecule has 1 N–H and O–H groups in total. The monoisotopic (exact) mass is 513 g/mol. The molecule has 0 atom stereocenters. The minimum Gasteiger partial charge on any atom is -0.493 e. The molecule has 188 valence electrons. The summed E-state index contributed by atoms with van der Waals surface area (Å²) < 4.78 is 12.7. The van der Waals surface area contributed by atoms with Crippen LogP contribution in [-0.4, -0.2) is 46.9 Å². The normalized spacial score (nSPS) is 11.5. The fourth-order valence-electron chi connectivity index (χ4n) is 3.55. The summed E-state index contributed by atoms with van der Waals surface area (Å²) in [6, 6.07) is 25.2. The first kappa shape index (κ1) is 25.7. The number of nitrogens with one attached hydrogen (secondary N) is 1. The van der Waals surface area contributed by atoms with Crippen molar-refractivity contribution in [1.82, 2.24) is 20.2 Å². The van der Waals surface area contributed by atoms with Crippen molar-refractivity contribution in [2.24, 2.45) is 5.10 Å². The standard InChI is InChI=1S/C28H27N5O3S/c1-20(16-21-10-6-4-7-11-21)18-29-30-26(34)19-37-28-32-31-27(33(28)23-12-8-5-9-13-23)22-14-15-24(35-2)25(17-22)36-3/h4-18H,19H2,1-3H3,(H,30,34)/b20-16+,29-18+. The molecule has 1 heterocycles. The molecule has 1 aromatic heterocycles. The predicted octanol–water partition coefficient (Wildman–Crippen LogP) is 5.25. The summed E-state index contributed by atoms with van der Waals surface area (Å²) in [5.74, 6) is 1.71. The lowest BCUT2D eigenvalue weighted by Gasteiger charge is -2.12. The molecule has 4 rings (SSSR count). The Balaban J connectivity index is 1.50. The van der Waals surface area contributed by atoms with E-state index in [-0.39, 0.29) is 11.7 Å². The van der Waals surface area contributed by atoms with E-state index in [2.05, 4.69) is 20.7 Å². The lowest BCUT2D eigenvalue weighted by Crippen LogP contribution is -2.20. The van der Waals surface area contributed by atoms with Gasteiger partial charge in [-0.05, 0) is 48.4 Å². The number of amides is 1. The van der Waals surface area contributed by atoms with Gasteiger partial charge in [-0.3, -0.25) is 9.36 Å². The maximum Gasteiger partial charge on any atom is 0.250 e. The molecule has 0 aliphatic heterocycles. The zero-order valence-electron chi connectivity index (χ0n) is 20.8. The van der Waals surface area contributed by atoms with Crippen LogP contribution in [0.25, 0.3) is 23.2 Å². The second-order valence-corrected chi connectivity index (χ2v) is 8.87. The van der Waals surface area contributed by atoms with Gasteiger partial charge < -0.3 is 9.47 Å². The number of thioether (sulfide) groups is 1. The smallest absolute Gasteiger partial charge is 0.250 e. The maximum atomic E-state index is 12.5. The average molecular weight is 514 g/mol. The van der Waals surface area contributed by atoms with E-state index in [1.807, 2.05) is 96.4 Å². The third-order valence-electron chi connectivity index (χ3n) is 5.27. The van der Waals surface area contributed by atoms with Gasteiger partial charge >= 0.3 is 0 Å². The number of aromatic nitrogens is 3. The number of hydrogen-bond acceptors (Lipinski definition) is 7. The quantitative estimate of drug-likeness (QED) is 0.177. The lowest BCUT2D eigenvalue weighted by atomic mass is 10.1. The maximum absolute atomic E-state index is 12.5. The zero-order valence-corrected chi connectivity index (χ0v) is 21.6. The molecule has 3 aromatic carbocycles. The molecule has 0 aliphatic carbocycles. The number of para-hydroxylation sites is 1. The summed E-state index contributed by atoms with van der Waals surface area (Å²) in [5, 5.41) is 13.4. The third kappa shape index (κ3) is 6.65. The third-order valence-corrected chi connectivity index (χ3v) is 6.20. The zero-order chi connectivity index (χ0) is 26.0. The van der Waals surface area contributed by atoms with E-state index in [9.17, 15) is 4.79 Å². The van der Waals surface area contributed by atoms with Crippen molar-refractivity contribution >= 4 is 30.0 Å². The molecular formula is C28H27N5O3S. The van der Waals surface area contributed by atoms with Gasteiger partial charge in [0.05, 0.1) is 26.2 Å². The van der Waals surface area contributed by atoms with Crippen LogP contribution in [0.15, 0.2) is 94.7 Å². The highest BCUT2D eigenvalue weighted by atomic mass is 32.2. The second-order valence-electron chi connectivity index (χ2n) is 7.93. The molecule has 8 nitrogen and oxygen atoms in total. The first-order chi connectivity index (χ1) is 18.1. The number of nitrogens with zero attached hydrogens (tertiary/aromatic N) is 4. The number of carbonyl (C=O) groups excluding carboxylic acids is 1. The highest BCUT2D eigenvalue weighted by Gasteiger charge is 2.18. The molecule has 0 unspecified atom stereocenters. The van der Waals surface area contributed by atoms with Crippen LogP contribution in [-0.2, 0) is 4.79 Å². The Kier molecular flexibility index (Phi) is 8.72. The van der Waals surface area contributed by atoms with Crippen molar-refractivity contribution in [1.29, 1.82) is 0 Å². The summed E-state index contributed by atoms with van der Waals surface area (Å²) in [6.45, 7) is 1.93. The summed E-state index contributed by atoms with van der Waals surface area (Å²) in [5.41, 5.74) is 6.24. The number of rotatable bonds is 10. The molecule has 4 aromatic rings. The van der Waals surface area contributed by atoms with Crippen LogP contribution in [0.4, 0.5) is 0 Å². The molecule has 0 saturated heterocycles. The van der Waals surface area contributed by atoms with Crippen LogP contribution in [0, 0.1) is 0 Å². The van der Waals surface area contributed by atoms with Gasteiger partial charge in [0.2, 0.25) is 0 Å². The SMILES string of the molecule is COc1ccc(-c2nnc(SCC(=O)N/N=C/C(C)=C/c3ccccc3)n2-c2ccccc2)cc1OC. The topological polar surface area (TPSA) is 90.6 Å². The fourth-order valence-corrected chi connectivity index (χ4v) is 4.30. The van der Waals surface area contributed by atoms with E-state index < -0.39 is 0 Å². The van der Waals surface area contributed by atoms with E-state index >= 15 is 0 Å². The summed E-state index contributed by atoms with van der Waals surface area (Å²) in [4.78, 5) is 12.5. The van der Waals surface area contributed by atoms with Gasteiger partial charge in [0.25, 0.3) is 5.91 Å². The Labute approximate surface area is 220 Å². The molecule has 37 heavy (non-hydrogen) atoms. The van der Waals surface area contributed by atoms with Crippen LogP contribution in [0.1, 0.15) is 12.5 Å². The lowest BCUT2D eigenvalue weighted by molar-refractivity contribution is -0.118. The first-order valence-corrected chi connectivity index (χ1v) is 12.5. The summed E-state index contributed by atoms with van der Waals surface area (Å²) in [7, 11) is 3.18. The van der Waals surface area contributed by atoms with Crippen LogP contribution < -0.4 is 14.9 Å². The van der Waals surface area contributed by atoms with E-state index in [0.29, 0.717) is 22.5 Å². The van der Waals surface area contributed by atoms with E-state index in [1.165, 1.54) is 11.8 Å².